The zero-order valence-electron chi connectivity index (χ0n) is 15.9. The van der Waals surface area contributed by atoms with Crippen molar-refractivity contribution in [3.05, 3.63) is 64.1 Å². The Morgan fingerprint density at radius 1 is 1.21 bits per heavy atom. The highest BCUT2D eigenvalue weighted by atomic mass is 32.1. The summed E-state index contributed by atoms with van der Waals surface area (Å²) in [6, 6.07) is 9.98. The molecule has 1 saturated heterocycles. The van der Waals surface area contributed by atoms with Gasteiger partial charge in [-0.05, 0) is 35.9 Å². The van der Waals surface area contributed by atoms with Crippen LogP contribution in [0.25, 0.3) is 11.4 Å². The zero-order valence-corrected chi connectivity index (χ0v) is 16.7. The number of carbonyl (C=O) groups excluding carboxylic acids is 1. The number of hydrogen-bond acceptors (Lipinski definition) is 4. The topological polar surface area (TPSA) is 47.4 Å². The smallest absolute Gasteiger partial charge is 0.254 e. The predicted molar refractivity (Wildman–Crippen MR) is 109 cm³/mol. The standard InChI is InChI=1S/C22H23N3O2S/c1-24-13-10-23-20(24)16-4-2-3-5-17(16)21(26)25-11-8-22(9-12-25)18-7-15-28-19(18)6-14-27-22/h2-5,7,10,13,15H,6,8-9,11-12,14H2,1H3. The van der Waals surface area contributed by atoms with Gasteiger partial charge in [0.1, 0.15) is 5.82 Å². The Balaban J connectivity index is 1.39. The van der Waals surface area contributed by atoms with Gasteiger partial charge in [-0.25, -0.2) is 4.98 Å². The van der Waals surface area contributed by atoms with Crippen molar-refractivity contribution in [3.8, 4) is 11.4 Å². The second-order valence-corrected chi connectivity index (χ2v) is 8.55. The monoisotopic (exact) mass is 393 g/mol. The fourth-order valence-corrected chi connectivity index (χ4v) is 5.45. The SMILES string of the molecule is Cn1ccnc1-c1ccccc1C(=O)N1CCC2(CC1)OCCc1sccc12. The third-order valence-corrected chi connectivity index (χ3v) is 7.00. The molecule has 6 heteroatoms. The van der Waals surface area contributed by atoms with Gasteiger partial charge in [0.25, 0.3) is 5.91 Å². The van der Waals surface area contributed by atoms with Crippen molar-refractivity contribution in [2.75, 3.05) is 19.7 Å². The van der Waals surface area contributed by atoms with E-state index in [1.54, 1.807) is 6.20 Å². The van der Waals surface area contributed by atoms with Gasteiger partial charge in [-0.3, -0.25) is 4.79 Å². The molecule has 2 aliphatic heterocycles. The van der Waals surface area contributed by atoms with Crippen LogP contribution >= 0.6 is 11.3 Å². The molecule has 0 radical (unpaired) electrons. The number of rotatable bonds is 2. The number of carbonyl (C=O) groups is 1. The number of fused-ring (bicyclic) bond motifs is 2. The van der Waals surface area contributed by atoms with Gasteiger partial charge in [0.05, 0.1) is 17.8 Å². The van der Waals surface area contributed by atoms with Crippen LogP contribution in [0.5, 0.6) is 0 Å². The van der Waals surface area contributed by atoms with Gasteiger partial charge >= 0.3 is 0 Å². The Morgan fingerprint density at radius 2 is 2.04 bits per heavy atom. The van der Waals surface area contributed by atoms with Crippen LogP contribution in [-0.2, 0) is 23.8 Å². The number of likely N-dealkylation sites (tertiary alicyclic amines) is 1. The third-order valence-electron chi connectivity index (χ3n) is 6.02. The summed E-state index contributed by atoms with van der Waals surface area (Å²) in [4.78, 5) is 21.2. The molecule has 28 heavy (non-hydrogen) atoms. The van der Waals surface area contributed by atoms with Crippen LogP contribution in [0.15, 0.2) is 48.1 Å². The Morgan fingerprint density at radius 3 is 2.82 bits per heavy atom. The molecule has 1 amide bonds. The van der Waals surface area contributed by atoms with Gasteiger partial charge in [-0.15, -0.1) is 11.3 Å². The number of thiophene rings is 1. The van der Waals surface area contributed by atoms with E-state index >= 15 is 0 Å². The van der Waals surface area contributed by atoms with Crippen molar-refractivity contribution in [2.45, 2.75) is 24.9 Å². The van der Waals surface area contributed by atoms with Gasteiger partial charge in [-0.2, -0.15) is 0 Å². The van der Waals surface area contributed by atoms with Crippen LogP contribution in [0.2, 0.25) is 0 Å². The Kier molecular flexibility index (Phi) is 4.33. The van der Waals surface area contributed by atoms with Crippen LogP contribution < -0.4 is 0 Å². The first-order chi connectivity index (χ1) is 13.7. The van der Waals surface area contributed by atoms with Crippen molar-refractivity contribution >= 4 is 17.2 Å². The Bertz CT molecular complexity index is 1010. The maximum absolute atomic E-state index is 13.3. The van der Waals surface area contributed by atoms with Gasteiger partial charge in [0.2, 0.25) is 0 Å². The number of aryl methyl sites for hydroxylation is 1. The minimum atomic E-state index is -0.205. The number of aromatic nitrogens is 2. The molecule has 5 rings (SSSR count). The average Bonchev–Trinajstić information content (AvgIpc) is 3.38. The molecule has 0 saturated carbocycles. The first-order valence-electron chi connectivity index (χ1n) is 9.75. The summed E-state index contributed by atoms with van der Waals surface area (Å²) >= 11 is 1.83. The van der Waals surface area contributed by atoms with Crippen LogP contribution in [0.3, 0.4) is 0 Å². The minimum absolute atomic E-state index is 0.0785. The van der Waals surface area contributed by atoms with Crippen molar-refractivity contribution in [1.29, 1.82) is 0 Å². The number of piperidine rings is 1. The summed E-state index contributed by atoms with van der Waals surface area (Å²) in [7, 11) is 1.95. The molecule has 0 bridgehead atoms. The molecule has 144 valence electrons. The van der Waals surface area contributed by atoms with E-state index in [-0.39, 0.29) is 11.5 Å². The molecule has 1 fully saturated rings. The molecular formula is C22H23N3O2S. The first-order valence-corrected chi connectivity index (χ1v) is 10.6. The third kappa shape index (κ3) is 2.79. The van der Waals surface area contributed by atoms with Crippen LogP contribution in [-0.4, -0.2) is 40.1 Å². The Hall–Kier alpha value is -2.44. The number of ether oxygens (including phenoxy) is 1. The van der Waals surface area contributed by atoms with Crippen molar-refractivity contribution in [1.82, 2.24) is 14.5 Å². The van der Waals surface area contributed by atoms with E-state index < -0.39 is 0 Å². The largest absolute Gasteiger partial charge is 0.370 e. The summed E-state index contributed by atoms with van der Waals surface area (Å²) in [6.07, 6.45) is 6.38. The van der Waals surface area contributed by atoms with Gasteiger partial charge in [-0.1, -0.05) is 18.2 Å². The molecular weight excluding hydrogens is 370 g/mol. The number of amides is 1. The van der Waals surface area contributed by atoms with Gasteiger partial charge in [0, 0.05) is 49.4 Å². The van der Waals surface area contributed by atoms with E-state index in [1.165, 1.54) is 10.4 Å². The van der Waals surface area contributed by atoms with E-state index in [0.29, 0.717) is 18.7 Å². The highest BCUT2D eigenvalue weighted by Crippen LogP contribution is 2.43. The molecule has 0 N–H and O–H groups in total. The van der Waals surface area contributed by atoms with Gasteiger partial charge < -0.3 is 14.2 Å². The predicted octanol–water partition coefficient (Wildman–Crippen LogP) is 3.85. The highest BCUT2D eigenvalue weighted by molar-refractivity contribution is 7.10. The molecule has 2 aliphatic rings. The average molecular weight is 394 g/mol. The lowest BCUT2D eigenvalue weighted by Crippen LogP contribution is -2.48. The second-order valence-electron chi connectivity index (χ2n) is 7.55. The van der Waals surface area contributed by atoms with Crippen molar-refractivity contribution in [3.63, 3.8) is 0 Å². The normalized spacial score (nSPS) is 18.2. The van der Waals surface area contributed by atoms with Crippen LogP contribution in [0.1, 0.15) is 33.6 Å². The summed E-state index contributed by atoms with van der Waals surface area (Å²) in [5.41, 5.74) is 2.75. The van der Waals surface area contributed by atoms with E-state index in [0.717, 1.165) is 37.3 Å². The fraction of sp³-hybridized carbons (Fsp3) is 0.364. The molecule has 3 aromatic rings. The Labute approximate surface area is 168 Å². The van der Waals surface area contributed by atoms with Crippen molar-refractivity contribution in [2.24, 2.45) is 7.05 Å². The highest BCUT2D eigenvalue weighted by Gasteiger charge is 2.42. The molecule has 5 nitrogen and oxygen atoms in total. The van der Waals surface area contributed by atoms with Crippen LogP contribution in [0.4, 0.5) is 0 Å². The quantitative estimate of drug-likeness (QED) is 0.664. The first kappa shape index (κ1) is 17.6. The molecule has 0 atom stereocenters. The molecule has 4 heterocycles. The minimum Gasteiger partial charge on any atom is -0.370 e. The van der Waals surface area contributed by atoms with E-state index in [4.69, 9.17) is 4.74 Å². The number of nitrogens with zero attached hydrogens (tertiary/aromatic N) is 3. The van der Waals surface area contributed by atoms with Crippen molar-refractivity contribution < 1.29 is 9.53 Å². The molecule has 1 aromatic carbocycles. The molecule has 0 unspecified atom stereocenters. The lowest BCUT2D eigenvalue weighted by Gasteiger charge is -2.44. The number of benzene rings is 1. The van der Waals surface area contributed by atoms with Crippen LogP contribution in [0, 0.1) is 0 Å². The lowest BCUT2D eigenvalue weighted by molar-refractivity contribution is -0.0926. The lowest BCUT2D eigenvalue weighted by atomic mass is 9.82. The summed E-state index contributed by atoms with van der Waals surface area (Å²) < 4.78 is 8.23. The maximum atomic E-state index is 13.3. The molecule has 0 aliphatic carbocycles. The summed E-state index contributed by atoms with van der Waals surface area (Å²) in [5.74, 6) is 0.894. The summed E-state index contributed by atoms with van der Waals surface area (Å²) in [6.45, 7) is 2.20. The summed E-state index contributed by atoms with van der Waals surface area (Å²) in [5, 5.41) is 2.17. The zero-order chi connectivity index (χ0) is 19.1. The van der Waals surface area contributed by atoms with Gasteiger partial charge in [0.15, 0.2) is 0 Å². The molecule has 1 spiro atoms. The second kappa shape index (κ2) is 6.87. The van der Waals surface area contributed by atoms with E-state index in [9.17, 15) is 4.79 Å². The maximum Gasteiger partial charge on any atom is 0.254 e. The fourth-order valence-electron chi connectivity index (χ4n) is 4.50. The number of hydrogen-bond donors (Lipinski definition) is 0. The molecule has 2 aromatic heterocycles. The number of imidazole rings is 1. The van der Waals surface area contributed by atoms with E-state index in [2.05, 4.69) is 16.4 Å². The van der Waals surface area contributed by atoms with E-state index in [1.807, 2.05) is 58.3 Å².